The van der Waals surface area contributed by atoms with Gasteiger partial charge in [0.2, 0.25) is 0 Å². The van der Waals surface area contributed by atoms with Crippen molar-refractivity contribution >= 4 is 45.7 Å². The fourth-order valence-corrected chi connectivity index (χ4v) is 6.62. The van der Waals surface area contributed by atoms with Crippen LogP contribution in [0, 0.1) is 13.8 Å². The molecule has 260 valence electrons. The maximum Gasteiger partial charge on any atom is 1.00 e. The summed E-state index contributed by atoms with van der Waals surface area (Å²) >= 11 is 0. The number of rotatable bonds is 16. The van der Waals surface area contributed by atoms with Crippen molar-refractivity contribution in [3.05, 3.63) is 69.0 Å². The number of benzene rings is 2. The standard InChI is InChI=1S/2C19H25NO4.2Na/c2*1-4-5-6-7-16-13(8-9-18(21)22)15-10-12(2)14(19(23)24)11-17(15)20(16)3;;/h2*10-11H,4-9H2,1-3H3,(H,21,22)(H,23,24);;/q;;2*+1/p-2. The number of hydrogen-bond donors (Lipinski definition) is 2. The Hall–Kier alpha value is -2.60. The van der Waals surface area contributed by atoms with Crippen molar-refractivity contribution in [2.45, 2.75) is 105 Å². The summed E-state index contributed by atoms with van der Waals surface area (Å²) in [5.41, 5.74) is 7.58. The molecule has 2 N–H and O–H groups in total. The number of aromatic nitrogens is 2. The molecule has 2 aromatic carbocycles. The molecule has 10 nitrogen and oxygen atoms in total. The van der Waals surface area contributed by atoms with E-state index in [0.29, 0.717) is 24.0 Å². The van der Waals surface area contributed by atoms with Gasteiger partial charge in [-0.25, -0.2) is 0 Å². The van der Waals surface area contributed by atoms with Gasteiger partial charge in [-0.05, 0) is 98.9 Å². The number of carboxylic acid groups (broad SMARTS) is 4. The number of nitrogens with zero attached hydrogens (tertiary/aromatic N) is 2. The van der Waals surface area contributed by atoms with Crippen molar-refractivity contribution in [2.24, 2.45) is 14.1 Å². The molecule has 0 saturated carbocycles. The van der Waals surface area contributed by atoms with E-state index >= 15 is 0 Å². The first-order valence-corrected chi connectivity index (χ1v) is 16.8. The summed E-state index contributed by atoms with van der Waals surface area (Å²) in [5.74, 6) is -4.02. The first kappa shape index (κ1) is 45.4. The third kappa shape index (κ3) is 11.2. The summed E-state index contributed by atoms with van der Waals surface area (Å²) in [6.45, 7) is 7.77. The van der Waals surface area contributed by atoms with Gasteiger partial charge in [-0.1, -0.05) is 39.5 Å². The van der Waals surface area contributed by atoms with Crippen LogP contribution in [-0.4, -0.2) is 43.2 Å². The molecule has 0 aliphatic rings. The van der Waals surface area contributed by atoms with Gasteiger partial charge >= 0.3 is 71.1 Å². The zero-order chi connectivity index (χ0) is 35.7. The second kappa shape index (κ2) is 21.1. The fourth-order valence-electron chi connectivity index (χ4n) is 6.62. The van der Waals surface area contributed by atoms with Crippen LogP contribution in [0.15, 0.2) is 24.3 Å². The van der Waals surface area contributed by atoms with Crippen molar-refractivity contribution in [3.63, 3.8) is 0 Å². The van der Waals surface area contributed by atoms with Crippen LogP contribution >= 0.6 is 0 Å². The van der Waals surface area contributed by atoms with Crippen LogP contribution in [0.2, 0.25) is 0 Å². The van der Waals surface area contributed by atoms with Gasteiger partial charge < -0.3 is 39.1 Å². The number of unbranched alkanes of at least 4 members (excludes halogenated alkanes) is 4. The SMILES string of the molecule is CCCCCc1c(CCC(=O)O)c2cc(C)c(C(=O)[O-])cc2n1C.CCCCCc1c(CCC(=O)O)c2cc(C)c(C(=O)[O-])cc2n1C.[Na+].[Na+]. The van der Waals surface area contributed by atoms with E-state index in [1.54, 1.807) is 26.0 Å². The van der Waals surface area contributed by atoms with Gasteiger partial charge in [0.05, 0.1) is 11.9 Å². The van der Waals surface area contributed by atoms with Crippen LogP contribution in [0.1, 0.15) is 120 Å². The molecule has 50 heavy (non-hydrogen) atoms. The predicted molar refractivity (Wildman–Crippen MR) is 182 cm³/mol. The van der Waals surface area contributed by atoms with E-state index in [1.165, 1.54) is 0 Å². The van der Waals surface area contributed by atoms with Gasteiger partial charge in [0.1, 0.15) is 0 Å². The normalized spacial score (nSPS) is 10.7. The number of aromatic carboxylic acids is 2. The van der Waals surface area contributed by atoms with E-state index in [-0.39, 0.29) is 83.1 Å². The Morgan fingerprint density at radius 1 is 0.600 bits per heavy atom. The minimum Gasteiger partial charge on any atom is -0.545 e. The van der Waals surface area contributed by atoms with Crippen LogP contribution in [-0.2, 0) is 49.4 Å². The average Bonchev–Trinajstić information content (AvgIpc) is 3.42. The molecule has 0 saturated heterocycles. The number of carbonyl (C=O) groups excluding carboxylic acids is 2. The molecule has 0 amide bonds. The largest absolute Gasteiger partial charge is 1.00 e. The average molecular weight is 707 g/mol. The van der Waals surface area contributed by atoms with Gasteiger partial charge in [0.25, 0.3) is 0 Å². The van der Waals surface area contributed by atoms with Crippen LogP contribution < -0.4 is 69.3 Å². The Morgan fingerprint density at radius 2 is 0.940 bits per heavy atom. The number of hydrogen-bond acceptors (Lipinski definition) is 6. The molecule has 0 aliphatic heterocycles. The number of carboxylic acids is 4. The minimum absolute atomic E-state index is 0. The molecule has 12 heteroatoms. The van der Waals surface area contributed by atoms with E-state index in [4.69, 9.17) is 10.2 Å². The molecule has 4 aromatic rings. The van der Waals surface area contributed by atoms with E-state index in [2.05, 4.69) is 13.8 Å². The van der Waals surface area contributed by atoms with Crippen molar-refractivity contribution in [1.82, 2.24) is 9.13 Å². The molecule has 0 unspecified atom stereocenters. The molecular weight excluding hydrogens is 658 g/mol. The Bertz CT molecular complexity index is 1690. The first-order valence-electron chi connectivity index (χ1n) is 16.8. The molecule has 0 bridgehead atoms. The molecule has 0 atom stereocenters. The Morgan fingerprint density at radius 3 is 1.22 bits per heavy atom. The van der Waals surface area contributed by atoms with Crippen molar-refractivity contribution in [1.29, 1.82) is 0 Å². The number of fused-ring (bicyclic) bond motifs is 2. The Kier molecular flexibility index (Phi) is 19.1. The third-order valence-corrected chi connectivity index (χ3v) is 9.22. The summed E-state index contributed by atoms with van der Waals surface area (Å²) < 4.78 is 4.02. The summed E-state index contributed by atoms with van der Waals surface area (Å²) in [6.07, 6.45) is 9.32. The van der Waals surface area contributed by atoms with Gasteiger partial charge in [-0.15, -0.1) is 0 Å². The summed E-state index contributed by atoms with van der Waals surface area (Å²) in [6, 6.07) is 6.99. The minimum atomic E-state index is -1.18. The summed E-state index contributed by atoms with van der Waals surface area (Å²) in [5, 5.41) is 42.6. The van der Waals surface area contributed by atoms with Crippen LogP contribution in [0.5, 0.6) is 0 Å². The number of carbonyl (C=O) groups is 4. The van der Waals surface area contributed by atoms with Crippen LogP contribution in [0.25, 0.3) is 21.8 Å². The van der Waals surface area contributed by atoms with Gasteiger partial charge in [0.15, 0.2) is 0 Å². The molecular formula is C38H48N2Na2O8. The van der Waals surface area contributed by atoms with Gasteiger partial charge in [0, 0.05) is 71.3 Å². The topological polar surface area (TPSA) is 165 Å². The molecule has 0 radical (unpaired) electrons. The monoisotopic (exact) mass is 706 g/mol. The van der Waals surface area contributed by atoms with E-state index in [9.17, 15) is 29.4 Å². The smallest absolute Gasteiger partial charge is 0.545 e. The first-order chi connectivity index (χ1) is 22.7. The molecule has 0 fully saturated rings. The summed E-state index contributed by atoms with van der Waals surface area (Å²) in [4.78, 5) is 44.6. The molecule has 4 rings (SSSR count). The second-order valence-electron chi connectivity index (χ2n) is 12.6. The Balaban J connectivity index is 0.000000481. The zero-order valence-corrected chi connectivity index (χ0v) is 35.0. The van der Waals surface area contributed by atoms with E-state index < -0.39 is 23.9 Å². The molecule has 2 heterocycles. The quantitative estimate of drug-likeness (QED) is 0.113. The van der Waals surface area contributed by atoms with E-state index in [1.807, 2.05) is 35.4 Å². The third-order valence-electron chi connectivity index (χ3n) is 9.22. The Labute approximate surface area is 338 Å². The van der Waals surface area contributed by atoms with Gasteiger partial charge in [-0.3, -0.25) is 9.59 Å². The molecule has 0 aliphatic carbocycles. The predicted octanol–water partition coefficient (Wildman–Crippen LogP) is -0.792. The van der Waals surface area contributed by atoms with Crippen molar-refractivity contribution in [3.8, 4) is 0 Å². The van der Waals surface area contributed by atoms with E-state index in [0.717, 1.165) is 95.7 Å². The number of aryl methyl sites for hydroxylation is 6. The molecule has 2 aromatic heterocycles. The van der Waals surface area contributed by atoms with Crippen molar-refractivity contribution in [2.75, 3.05) is 0 Å². The summed E-state index contributed by atoms with van der Waals surface area (Å²) in [7, 11) is 3.84. The zero-order valence-electron chi connectivity index (χ0n) is 31.0. The van der Waals surface area contributed by atoms with Gasteiger partial charge in [-0.2, -0.15) is 0 Å². The second-order valence-corrected chi connectivity index (χ2v) is 12.6. The maximum atomic E-state index is 11.3. The molecule has 0 spiro atoms. The van der Waals surface area contributed by atoms with Crippen LogP contribution in [0.4, 0.5) is 0 Å². The fraction of sp³-hybridized carbons (Fsp3) is 0.474. The maximum absolute atomic E-state index is 11.3. The van der Waals surface area contributed by atoms with Crippen LogP contribution in [0.3, 0.4) is 0 Å². The van der Waals surface area contributed by atoms with Crippen molar-refractivity contribution < 1.29 is 98.7 Å². The number of aliphatic carboxylic acids is 2.